The first kappa shape index (κ1) is 33.4. The minimum atomic E-state index is -5.01. The summed E-state index contributed by atoms with van der Waals surface area (Å²) in [5.41, 5.74) is -3.36. The summed E-state index contributed by atoms with van der Waals surface area (Å²) < 4.78 is 80.3. The van der Waals surface area contributed by atoms with E-state index in [9.17, 15) is 27.2 Å². The summed E-state index contributed by atoms with van der Waals surface area (Å²) in [6.07, 6.45) is -5.01. The Labute approximate surface area is 268 Å². The summed E-state index contributed by atoms with van der Waals surface area (Å²) in [6.45, 7) is 3.57. The number of thioether (sulfide) groups is 1. The van der Waals surface area contributed by atoms with Gasteiger partial charge in [0.2, 0.25) is 5.91 Å². The summed E-state index contributed by atoms with van der Waals surface area (Å²) in [5, 5.41) is -0.940. The van der Waals surface area contributed by atoms with E-state index in [2.05, 4.69) is 4.98 Å². The molecule has 1 saturated heterocycles. The lowest BCUT2D eigenvalue weighted by atomic mass is 9.69. The number of aromatic nitrogens is 2. The van der Waals surface area contributed by atoms with Crippen molar-refractivity contribution in [2.45, 2.75) is 43.0 Å². The van der Waals surface area contributed by atoms with E-state index >= 15 is 4.39 Å². The van der Waals surface area contributed by atoms with E-state index in [0.717, 1.165) is 23.9 Å². The Morgan fingerprint density at radius 2 is 1.76 bits per heavy atom. The molecule has 7 nitrogen and oxygen atoms in total. The Bertz CT molecular complexity index is 1790. The third-order valence-corrected chi connectivity index (χ3v) is 9.40. The number of methoxy groups -OCH3 is 1. The van der Waals surface area contributed by atoms with Gasteiger partial charge in [-0.3, -0.25) is 9.36 Å². The number of hydrogen-bond donors (Lipinski definition) is 0. The van der Waals surface area contributed by atoms with Crippen molar-refractivity contribution in [2.75, 3.05) is 37.5 Å². The average Bonchev–Trinajstić information content (AvgIpc) is 2.95. The van der Waals surface area contributed by atoms with Gasteiger partial charge in [-0.05, 0) is 26.0 Å². The molecule has 0 bridgehead atoms. The lowest BCUT2D eigenvalue weighted by Crippen LogP contribution is -2.59. The summed E-state index contributed by atoms with van der Waals surface area (Å²) >= 11 is 6.90. The fraction of sp³-hybridized carbons (Fsp3) is 0.393. The maximum atomic E-state index is 15.2. The SMILES string of the molecule is [B]C([B])=C([B])C(=O)N1[C@H](C)CN(c2nc(=O)n3c4c(c(-c5cc(Cl)c(F)cc5F)c(C(F)(F)F)cc24)SC[C@@H]3COC)C[C@@H]1C. The molecule has 6 radical (unpaired) electrons. The first-order valence-electron chi connectivity index (χ1n) is 13.6. The van der Waals surface area contributed by atoms with Crippen molar-refractivity contribution in [3.8, 4) is 11.1 Å². The normalized spacial score (nSPS) is 20.1. The van der Waals surface area contributed by atoms with Gasteiger partial charge in [-0.25, -0.2) is 13.6 Å². The molecule has 1 fully saturated rings. The molecule has 1 amide bonds. The number of hydrogen-bond acceptors (Lipinski definition) is 6. The van der Waals surface area contributed by atoms with Crippen molar-refractivity contribution in [3.05, 3.63) is 61.7 Å². The van der Waals surface area contributed by atoms with Crippen molar-refractivity contribution in [3.63, 3.8) is 0 Å². The number of benzene rings is 2. The highest BCUT2D eigenvalue weighted by Gasteiger charge is 2.41. The molecule has 0 N–H and O–H groups in total. The molecule has 3 atom stereocenters. The molecule has 3 heterocycles. The highest BCUT2D eigenvalue weighted by Crippen LogP contribution is 2.50. The van der Waals surface area contributed by atoms with Crippen LogP contribution in [0.5, 0.6) is 0 Å². The standard InChI is InChI=1S/C28H23B3ClF5N4O3S/c1-11-7-39(8-12(2)40(11)26(42)21(29)24(30)31)25-15-4-16(28(35,36)37)20(14-5-17(32)19(34)6-18(14)33)23-22(15)41(27(43)38-25)13(9-44-3)10-45-23/h4-6,11-13H,7-10H2,1-3H3/t11-,12+,13-/m0/s1. The second kappa shape index (κ2) is 12.3. The van der Waals surface area contributed by atoms with E-state index in [1.165, 1.54) is 16.6 Å². The molecule has 0 spiro atoms. The average molecular weight is 658 g/mol. The van der Waals surface area contributed by atoms with Gasteiger partial charge >= 0.3 is 11.9 Å². The van der Waals surface area contributed by atoms with Crippen LogP contribution in [-0.4, -0.2) is 88.5 Å². The number of nitrogens with zero attached hydrogens (tertiary/aromatic N) is 4. The van der Waals surface area contributed by atoms with Crippen LogP contribution >= 0.6 is 23.4 Å². The van der Waals surface area contributed by atoms with Gasteiger partial charge < -0.3 is 14.5 Å². The second-order valence-corrected chi connectivity index (χ2v) is 12.4. The number of anilines is 1. The molecule has 2 aromatic carbocycles. The summed E-state index contributed by atoms with van der Waals surface area (Å²) in [6, 6.07) is 0.321. The molecule has 2 aliphatic rings. The molecule has 45 heavy (non-hydrogen) atoms. The molecular weight excluding hydrogens is 635 g/mol. The van der Waals surface area contributed by atoms with E-state index in [4.69, 9.17) is 39.9 Å². The lowest BCUT2D eigenvalue weighted by molar-refractivity contribution is -0.137. The number of carbonyl (C=O) groups is 1. The third kappa shape index (κ3) is 5.89. The molecule has 1 aromatic heterocycles. The Balaban J connectivity index is 1.79. The molecule has 3 aromatic rings. The summed E-state index contributed by atoms with van der Waals surface area (Å²) in [5.74, 6) is -2.94. The molecule has 0 unspecified atom stereocenters. The van der Waals surface area contributed by atoms with Crippen molar-refractivity contribution < 1.29 is 31.5 Å². The molecule has 0 saturated carbocycles. The first-order valence-corrected chi connectivity index (χ1v) is 15.0. The van der Waals surface area contributed by atoms with Crippen LogP contribution in [0.3, 0.4) is 0 Å². The molecule has 0 aliphatic carbocycles. The minimum absolute atomic E-state index is 0.0209. The van der Waals surface area contributed by atoms with Gasteiger partial charge in [-0.15, -0.1) is 11.8 Å². The number of amides is 1. The molecule has 2 aliphatic heterocycles. The second-order valence-electron chi connectivity index (χ2n) is 11.0. The van der Waals surface area contributed by atoms with Crippen LogP contribution in [0.2, 0.25) is 5.02 Å². The van der Waals surface area contributed by atoms with Crippen LogP contribution in [0.25, 0.3) is 22.0 Å². The van der Waals surface area contributed by atoms with Crippen molar-refractivity contribution in [1.29, 1.82) is 0 Å². The predicted molar refractivity (Wildman–Crippen MR) is 165 cm³/mol. The Morgan fingerprint density at radius 3 is 2.33 bits per heavy atom. The fourth-order valence-electron chi connectivity index (χ4n) is 6.01. The molecule has 5 rings (SSSR count). The topological polar surface area (TPSA) is 67.7 Å². The fourth-order valence-corrected chi connectivity index (χ4v) is 7.49. The zero-order chi connectivity index (χ0) is 33.1. The van der Waals surface area contributed by atoms with Gasteiger partial charge in [0.05, 0.1) is 44.4 Å². The number of piperazine rings is 1. The Kier molecular flexibility index (Phi) is 9.15. The zero-order valence-electron chi connectivity index (χ0n) is 24.2. The summed E-state index contributed by atoms with van der Waals surface area (Å²) in [7, 11) is 18.2. The summed E-state index contributed by atoms with van der Waals surface area (Å²) in [4.78, 5) is 34.0. The van der Waals surface area contributed by atoms with E-state index in [0.29, 0.717) is 6.07 Å². The monoisotopic (exact) mass is 658 g/mol. The van der Waals surface area contributed by atoms with Gasteiger partial charge in [0.1, 0.15) is 25.3 Å². The smallest absolute Gasteiger partial charge is 0.383 e. The Morgan fingerprint density at radius 1 is 1.11 bits per heavy atom. The van der Waals surface area contributed by atoms with E-state index in [-0.39, 0.29) is 57.9 Å². The van der Waals surface area contributed by atoms with Gasteiger partial charge in [0, 0.05) is 65.5 Å². The molecular formula is C28H23B3ClF5N4O3S. The zero-order valence-corrected chi connectivity index (χ0v) is 25.8. The highest BCUT2D eigenvalue weighted by molar-refractivity contribution is 7.99. The predicted octanol–water partition coefficient (Wildman–Crippen LogP) is 4.41. The molecule has 17 heteroatoms. The van der Waals surface area contributed by atoms with Crippen molar-refractivity contribution in [2.24, 2.45) is 0 Å². The minimum Gasteiger partial charge on any atom is -0.383 e. The van der Waals surface area contributed by atoms with E-state index < -0.39 is 69.2 Å². The number of halogens is 6. The van der Waals surface area contributed by atoms with E-state index in [1.807, 2.05) is 0 Å². The van der Waals surface area contributed by atoms with Crippen LogP contribution < -0.4 is 10.6 Å². The maximum Gasteiger partial charge on any atom is 0.417 e. The third-order valence-electron chi connectivity index (χ3n) is 7.87. The largest absolute Gasteiger partial charge is 0.417 e. The van der Waals surface area contributed by atoms with Crippen LogP contribution in [0.4, 0.5) is 27.8 Å². The number of ether oxygens (including phenoxy) is 1. The molecule has 230 valence electrons. The van der Waals surface area contributed by atoms with Crippen LogP contribution in [-0.2, 0) is 15.7 Å². The number of rotatable bonds is 5. The van der Waals surface area contributed by atoms with Crippen LogP contribution in [0.1, 0.15) is 25.5 Å². The van der Waals surface area contributed by atoms with Crippen molar-refractivity contribution in [1.82, 2.24) is 14.5 Å². The van der Waals surface area contributed by atoms with Crippen LogP contribution in [0, 0.1) is 11.6 Å². The number of carbonyl (C=O) groups excluding carboxylic acids is 1. The van der Waals surface area contributed by atoms with Gasteiger partial charge in [-0.2, -0.15) is 23.5 Å². The van der Waals surface area contributed by atoms with Crippen LogP contribution in [0.15, 0.2) is 38.7 Å². The van der Waals surface area contributed by atoms with E-state index in [1.54, 1.807) is 18.7 Å². The Hall–Kier alpha value is -2.97. The highest BCUT2D eigenvalue weighted by atomic mass is 35.5. The maximum absolute atomic E-state index is 15.2. The van der Waals surface area contributed by atoms with Gasteiger partial charge in [0.25, 0.3) is 0 Å². The first-order chi connectivity index (χ1) is 21.1. The quantitative estimate of drug-likeness (QED) is 0.175. The van der Waals surface area contributed by atoms with Crippen molar-refractivity contribution >= 4 is 69.5 Å². The lowest BCUT2D eigenvalue weighted by Gasteiger charge is -2.45. The number of alkyl halides is 3. The van der Waals surface area contributed by atoms with Gasteiger partial charge in [-0.1, -0.05) is 17.1 Å². The van der Waals surface area contributed by atoms with Gasteiger partial charge in [0.15, 0.2) is 0 Å².